The van der Waals surface area contributed by atoms with Gasteiger partial charge in [0.2, 0.25) is 0 Å². The maximum atomic E-state index is 4.85. The number of nitrogens with zero attached hydrogens (tertiary/aromatic N) is 3. The number of hydrogen-bond acceptors (Lipinski definition) is 3. The average molecular weight is 688 g/mol. The van der Waals surface area contributed by atoms with Gasteiger partial charge in [-0.3, -0.25) is 15.0 Å². The molecule has 10 aromatic rings. The van der Waals surface area contributed by atoms with E-state index in [4.69, 9.17) is 15.0 Å². The van der Waals surface area contributed by atoms with Gasteiger partial charge in [0.25, 0.3) is 0 Å². The van der Waals surface area contributed by atoms with Crippen LogP contribution in [0, 0.1) is 0 Å². The van der Waals surface area contributed by atoms with E-state index in [1.807, 2.05) is 73.2 Å². The van der Waals surface area contributed by atoms with Crippen LogP contribution < -0.4 is 0 Å². The first-order valence-corrected chi connectivity index (χ1v) is 18.2. The molecule has 0 saturated heterocycles. The van der Waals surface area contributed by atoms with E-state index in [0.717, 1.165) is 67.2 Å². The third kappa shape index (κ3) is 5.78. The predicted octanol–water partition coefficient (Wildman–Crippen LogP) is 13.3. The van der Waals surface area contributed by atoms with Gasteiger partial charge >= 0.3 is 0 Å². The van der Waals surface area contributed by atoms with Gasteiger partial charge in [-0.1, -0.05) is 146 Å². The van der Waals surface area contributed by atoms with Crippen LogP contribution in [0.25, 0.3) is 99.5 Å². The van der Waals surface area contributed by atoms with Gasteiger partial charge in [0.1, 0.15) is 0 Å². The van der Waals surface area contributed by atoms with Gasteiger partial charge in [0.15, 0.2) is 0 Å². The molecule has 10 rings (SSSR count). The molecular formula is C51H33N3. The Labute approximate surface area is 313 Å². The average Bonchev–Trinajstić information content (AvgIpc) is 3.27. The predicted molar refractivity (Wildman–Crippen MR) is 225 cm³/mol. The standard InChI is InChI=1S/C51H33N3/c1-4-10-34(11-5-1)49-25-19-40(31-52-49)37-16-22-43-46(28-37)44-23-17-38(41-20-26-50(53-32-41)35-12-6-2-7-13-35)30-48(44)45-24-18-39(29-47(43)45)42-21-27-51(54-33-42)36-14-8-3-9-15-36/h1-33H. The molecule has 0 atom stereocenters. The van der Waals surface area contributed by atoms with Crippen LogP contribution in [0.3, 0.4) is 0 Å². The zero-order valence-corrected chi connectivity index (χ0v) is 29.4. The molecular weight excluding hydrogens is 655 g/mol. The summed E-state index contributed by atoms with van der Waals surface area (Å²) in [5.74, 6) is 0. The maximum Gasteiger partial charge on any atom is 0.0702 e. The molecule has 0 amide bonds. The molecule has 7 aromatic carbocycles. The topological polar surface area (TPSA) is 38.7 Å². The summed E-state index contributed by atoms with van der Waals surface area (Å²) in [6.45, 7) is 0. The summed E-state index contributed by atoms with van der Waals surface area (Å²) in [6.07, 6.45) is 5.96. The molecule has 3 nitrogen and oxygen atoms in total. The minimum absolute atomic E-state index is 0.967. The van der Waals surface area contributed by atoms with Crippen LogP contribution in [0.2, 0.25) is 0 Å². The monoisotopic (exact) mass is 687 g/mol. The molecule has 3 heteroatoms. The lowest BCUT2D eigenvalue weighted by molar-refractivity contribution is 1.33. The smallest absolute Gasteiger partial charge is 0.0702 e. The van der Waals surface area contributed by atoms with Crippen molar-refractivity contribution in [1.82, 2.24) is 15.0 Å². The second-order valence-corrected chi connectivity index (χ2v) is 13.7. The van der Waals surface area contributed by atoms with Crippen LogP contribution in [0.1, 0.15) is 0 Å². The highest BCUT2D eigenvalue weighted by atomic mass is 14.7. The summed E-state index contributed by atoms with van der Waals surface area (Å²) in [5.41, 5.74) is 12.9. The number of pyridine rings is 3. The van der Waals surface area contributed by atoms with Crippen molar-refractivity contribution in [3.05, 3.63) is 201 Å². The molecule has 0 bridgehead atoms. The van der Waals surface area contributed by atoms with Gasteiger partial charge in [-0.2, -0.15) is 0 Å². The fraction of sp³-hybridized carbons (Fsp3) is 0. The normalized spacial score (nSPS) is 11.3. The third-order valence-electron chi connectivity index (χ3n) is 10.4. The molecule has 0 aliphatic carbocycles. The van der Waals surface area contributed by atoms with Crippen LogP contribution in [-0.2, 0) is 0 Å². The van der Waals surface area contributed by atoms with E-state index in [-0.39, 0.29) is 0 Å². The van der Waals surface area contributed by atoms with E-state index < -0.39 is 0 Å². The first-order valence-electron chi connectivity index (χ1n) is 18.2. The Hall–Kier alpha value is -7.23. The van der Waals surface area contributed by atoms with Gasteiger partial charge in [0, 0.05) is 52.0 Å². The van der Waals surface area contributed by atoms with Gasteiger partial charge in [0.05, 0.1) is 17.1 Å². The van der Waals surface area contributed by atoms with E-state index in [9.17, 15) is 0 Å². The Morgan fingerprint density at radius 3 is 0.741 bits per heavy atom. The van der Waals surface area contributed by atoms with E-state index >= 15 is 0 Å². The van der Waals surface area contributed by atoms with Crippen LogP contribution >= 0.6 is 0 Å². The highest BCUT2D eigenvalue weighted by Crippen LogP contribution is 2.40. The lowest BCUT2D eigenvalue weighted by Crippen LogP contribution is -1.90. The van der Waals surface area contributed by atoms with Gasteiger partial charge in [-0.05, 0) is 85.4 Å². The molecule has 252 valence electrons. The Balaban J connectivity index is 1.12. The maximum absolute atomic E-state index is 4.85. The minimum atomic E-state index is 0.967. The van der Waals surface area contributed by atoms with Crippen molar-refractivity contribution >= 4 is 32.3 Å². The molecule has 0 unspecified atom stereocenters. The molecule has 3 heterocycles. The number of fused-ring (bicyclic) bond motifs is 6. The van der Waals surface area contributed by atoms with Crippen molar-refractivity contribution in [3.8, 4) is 67.2 Å². The first kappa shape index (κ1) is 31.5. The van der Waals surface area contributed by atoms with Crippen molar-refractivity contribution < 1.29 is 0 Å². The van der Waals surface area contributed by atoms with Crippen LogP contribution in [0.15, 0.2) is 201 Å². The number of hydrogen-bond donors (Lipinski definition) is 0. The van der Waals surface area contributed by atoms with Crippen molar-refractivity contribution in [3.63, 3.8) is 0 Å². The second kappa shape index (κ2) is 13.4. The van der Waals surface area contributed by atoms with Crippen LogP contribution in [0.4, 0.5) is 0 Å². The van der Waals surface area contributed by atoms with Gasteiger partial charge < -0.3 is 0 Å². The summed E-state index contributed by atoms with van der Waals surface area (Å²) in [5, 5.41) is 7.27. The summed E-state index contributed by atoms with van der Waals surface area (Å²) in [6, 6.07) is 64.3. The zero-order valence-electron chi connectivity index (χ0n) is 29.4. The first-order chi connectivity index (χ1) is 26.7. The zero-order chi connectivity index (χ0) is 35.8. The van der Waals surface area contributed by atoms with Crippen molar-refractivity contribution in [2.24, 2.45) is 0 Å². The summed E-state index contributed by atoms with van der Waals surface area (Å²) >= 11 is 0. The molecule has 54 heavy (non-hydrogen) atoms. The van der Waals surface area contributed by atoms with Gasteiger partial charge in [-0.15, -0.1) is 0 Å². The van der Waals surface area contributed by atoms with E-state index in [0.29, 0.717) is 0 Å². The Morgan fingerprint density at radius 2 is 0.481 bits per heavy atom. The Morgan fingerprint density at radius 1 is 0.204 bits per heavy atom. The second-order valence-electron chi connectivity index (χ2n) is 13.7. The molecule has 0 aliphatic heterocycles. The Bertz CT molecular complexity index is 2570. The van der Waals surface area contributed by atoms with Crippen molar-refractivity contribution in [2.45, 2.75) is 0 Å². The van der Waals surface area contributed by atoms with Crippen molar-refractivity contribution in [1.29, 1.82) is 0 Å². The number of benzene rings is 7. The lowest BCUT2D eigenvalue weighted by atomic mass is 9.89. The number of aromatic nitrogens is 3. The molecule has 0 spiro atoms. The summed E-state index contributed by atoms with van der Waals surface area (Å²) < 4.78 is 0. The van der Waals surface area contributed by atoms with E-state index in [1.54, 1.807) is 0 Å². The molecule has 0 N–H and O–H groups in total. The third-order valence-corrected chi connectivity index (χ3v) is 10.4. The molecule has 0 saturated carbocycles. The lowest BCUT2D eigenvalue weighted by Gasteiger charge is -2.15. The minimum Gasteiger partial charge on any atom is -0.256 e. The largest absolute Gasteiger partial charge is 0.256 e. The number of rotatable bonds is 6. The van der Waals surface area contributed by atoms with Crippen LogP contribution in [0.5, 0.6) is 0 Å². The fourth-order valence-electron chi connectivity index (χ4n) is 7.58. The molecule has 0 fully saturated rings. The molecule has 0 aliphatic rings. The fourth-order valence-corrected chi connectivity index (χ4v) is 7.58. The SMILES string of the molecule is c1ccc(-c2ccc(-c3ccc4c(c3)c3ccc(-c5ccc(-c6ccccc6)nc5)cc3c3ccc(-c5ccc(-c6ccccc6)nc5)cc43)cn2)cc1. The molecule has 3 aromatic heterocycles. The Kier molecular flexibility index (Phi) is 7.81. The quantitative estimate of drug-likeness (QED) is 0.163. The highest BCUT2D eigenvalue weighted by molar-refractivity contribution is 6.26. The van der Waals surface area contributed by atoms with E-state index in [2.05, 4.69) is 127 Å². The van der Waals surface area contributed by atoms with E-state index in [1.165, 1.54) is 32.3 Å². The van der Waals surface area contributed by atoms with Crippen molar-refractivity contribution in [2.75, 3.05) is 0 Å². The van der Waals surface area contributed by atoms with Gasteiger partial charge in [-0.25, -0.2) is 0 Å². The van der Waals surface area contributed by atoms with Crippen LogP contribution in [-0.4, -0.2) is 15.0 Å². The summed E-state index contributed by atoms with van der Waals surface area (Å²) in [7, 11) is 0. The highest BCUT2D eigenvalue weighted by Gasteiger charge is 2.14. The molecule has 0 radical (unpaired) electrons. The summed E-state index contributed by atoms with van der Waals surface area (Å²) in [4.78, 5) is 14.5.